The van der Waals surface area contributed by atoms with Crippen molar-refractivity contribution in [2.75, 3.05) is 0 Å². The topological polar surface area (TPSA) is 0 Å². The summed E-state index contributed by atoms with van der Waals surface area (Å²) in [7, 11) is 3.32. The summed E-state index contributed by atoms with van der Waals surface area (Å²) in [6.07, 6.45) is 28.8. The third kappa shape index (κ3) is 17.6. The lowest BCUT2D eigenvalue weighted by Crippen LogP contribution is -2.20. The van der Waals surface area contributed by atoms with Gasteiger partial charge in [0, 0.05) is 0 Å². The van der Waals surface area contributed by atoms with Gasteiger partial charge in [0.25, 0.3) is 0 Å². The summed E-state index contributed by atoms with van der Waals surface area (Å²) < 4.78 is 0. The van der Waals surface area contributed by atoms with E-state index in [0.29, 0.717) is 5.16 Å². The molecule has 0 spiro atoms. The Balaban J connectivity index is 3.97. The first-order chi connectivity index (χ1) is 12.2. The van der Waals surface area contributed by atoms with E-state index in [1.54, 1.807) is 0 Å². The van der Waals surface area contributed by atoms with Crippen LogP contribution in [0.15, 0.2) is 0 Å². The van der Waals surface area contributed by atoms with Gasteiger partial charge in [-0.3, -0.25) is 0 Å². The van der Waals surface area contributed by atoms with Gasteiger partial charge in [-0.15, -0.1) is 9.24 Å². The highest BCUT2D eigenvalue weighted by Crippen LogP contribution is 2.37. The molecule has 0 aromatic rings. The Labute approximate surface area is 163 Å². The molecule has 0 saturated heterocycles. The molecule has 0 aliphatic carbocycles. The van der Waals surface area contributed by atoms with Crippen molar-refractivity contribution >= 4 is 9.24 Å². The van der Waals surface area contributed by atoms with E-state index in [4.69, 9.17) is 0 Å². The molecule has 0 heterocycles. The average molecular weight is 371 g/mol. The Morgan fingerprint density at radius 2 is 0.640 bits per heavy atom. The van der Waals surface area contributed by atoms with Gasteiger partial charge in [0.05, 0.1) is 0 Å². The fourth-order valence-electron chi connectivity index (χ4n) is 3.97. The standard InChI is InChI=1S/C24H51P/c1-4-7-10-13-15-17-20-23-24(25,21-18-12-9-6-3)22-19-16-14-11-8-5-2/h4-23,25H2,1-3H3. The largest absolute Gasteiger partial charge is 0.131 e. The van der Waals surface area contributed by atoms with Crippen molar-refractivity contribution < 1.29 is 0 Å². The molecular weight excluding hydrogens is 319 g/mol. The van der Waals surface area contributed by atoms with Gasteiger partial charge in [-0.1, -0.05) is 130 Å². The van der Waals surface area contributed by atoms with Gasteiger partial charge in [-0.25, -0.2) is 0 Å². The lowest BCUT2D eigenvalue weighted by Gasteiger charge is -2.30. The number of unbranched alkanes of at least 4 members (excludes halogenated alkanes) is 14. The second kappa shape index (κ2) is 19.2. The van der Waals surface area contributed by atoms with Gasteiger partial charge >= 0.3 is 0 Å². The number of rotatable bonds is 20. The minimum absolute atomic E-state index is 0.557. The molecule has 0 nitrogen and oxygen atoms in total. The van der Waals surface area contributed by atoms with Gasteiger partial charge in [-0.2, -0.15) is 0 Å². The van der Waals surface area contributed by atoms with Crippen LogP contribution in [0.3, 0.4) is 0 Å². The van der Waals surface area contributed by atoms with Crippen molar-refractivity contribution in [3.63, 3.8) is 0 Å². The first kappa shape index (κ1) is 25.4. The van der Waals surface area contributed by atoms with Crippen LogP contribution in [0.1, 0.15) is 149 Å². The predicted molar refractivity (Wildman–Crippen MR) is 122 cm³/mol. The lowest BCUT2D eigenvalue weighted by atomic mass is 9.88. The van der Waals surface area contributed by atoms with Crippen molar-refractivity contribution in [1.82, 2.24) is 0 Å². The maximum Gasteiger partial charge on any atom is -0.0150 e. The van der Waals surface area contributed by atoms with E-state index in [9.17, 15) is 0 Å². The van der Waals surface area contributed by atoms with Crippen LogP contribution in [-0.4, -0.2) is 5.16 Å². The first-order valence-corrected chi connectivity index (χ1v) is 12.5. The van der Waals surface area contributed by atoms with Crippen molar-refractivity contribution in [2.45, 2.75) is 154 Å². The molecule has 0 rings (SSSR count). The lowest BCUT2D eigenvalue weighted by molar-refractivity contribution is 0.403. The summed E-state index contributed by atoms with van der Waals surface area (Å²) in [5.41, 5.74) is 0. The van der Waals surface area contributed by atoms with Crippen molar-refractivity contribution in [3.05, 3.63) is 0 Å². The summed E-state index contributed by atoms with van der Waals surface area (Å²) in [6, 6.07) is 0. The molecule has 0 aromatic heterocycles. The molecule has 0 aliphatic heterocycles. The Morgan fingerprint density at radius 3 is 0.960 bits per heavy atom. The number of hydrogen-bond acceptors (Lipinski definition) is 0. The molecule has 0 aromatic carbocycles. The van der Waals surface area contributed by atoms with E-state index < -0.39 is 0 Å². The predicted octanol–water partition coefficient (Wildman–Crippen LogP) is 9.46. The quantitative estimate of drug-likeness (QED) is 0.148. The molecule has 0 amide bonds. The van der Waals surface area contributed by atoms with Crippen LogP contribution in [0.5, 0.6) is 0 Å². The summed E-state index contributed by atoms with van der Waals surface area (Å²) in [6.45, 7) is 6.94. The highest BCUT2D eigenvalue weighted by atomic mass is 31.0. The number of hydrogen-bond donors (Lipinski definition) is 0. The van der Waals surface area contributed by atoms with Crippen molar-refractivity contribution in [2.24, 2.45) is 0 Å². The first-order valence-electron chi connectivity index (χ1n) is 12.0. The van der Waals surface area contributed by atoms with Crippen molar-refractivity contribution in [1.29, 1.82) is 0 Å². The Hall–Kier alpha value is 0.430. The molecule has 2 unspecified atom stereocenters. The zero-order valence-corrected chi connectivity index (χ0v) is 19.4. The molecule has 0 bridgehead atoms. The summed E-state index contributed by atoms with van der Waals surface area (Å²) >= 11 is 0. The van der Waals surface area contributed by atoms with Gasteiger partial charge in [0.1, 0.15) is 0 Å². The molecular formula is C24H51P. The monoisotopic (exact) mass is 370 g/mol. The Kier molecular flexibility index (Phi) is 19.5. The summed E-state index contributed by atoms with van der Waals surface area (Å²) in [5, 5.41) is 0.557. The van der Waals surface area contributed by atoms with E-state index in [-0.39, 0.29) is 0 Å². The second-order valence-electron chi connectivity index (χ2n) is 8.56. The smallest absolute Gasteiger partial charge is 0.0150 e. The van der Waals surface area contributed by atoms with Gasteiger partial charge in [0.15, 0.2) is 0 Å². The Morgan fingerprint density at radius 1 is 0.400 bits per heavy atom. The Bertz CT molecular complexity index is 250. The maximum atomic E-state index is 3.32. The fourth-order valence-corrected chi connectivity index (χ4v) is 4.58. The minimum atomic E-state index is 0.557. The summed E-state index contributed by atoms with van der Waals surface area (Å²) in [5.74, 6) is 0. The third-order valence-corrected chi connectivity index (χ3v) is 6.70. The van der Waals surface area contributed by atoms with E-state index in [0.717, 1.165) is 0 Å². The molecule has 2 atom stereocenters. The van der Waals surface area contributed by atoms with Crippen LogP contribution in [0.4, 0.5) is 0 Å². The molecule has 0 fully saturated rings. The third-order valence-electron chi connectivity index (χ3n) is 5.83. The fraction of sp³-hybridized carbons (Fsp3) is 1.00. The molecule has 0 saturated carbocycles. The van der Waals surface area contributed by atoms with Crippen LogP contribution < -0.4 is 0 Å². The zero-order valence-electron chi connectivity index (χ0n) is 18.2. The molecule has 25 heavy (non-hydrogen) atoms. The van der Waals surface area contributed by atoms with Crippen LogP contribution in [0.2, 0.25) is 0 Å². The van der Waals surface area contributed by atoms with Crippen LogP contribution in [-0.2, 0) is 0 Å². The van der Waals surface area contributed by atoms with E-state index in [1.165, 1.54) is 128 Å². The maximum absolute atomic E-state index is 3.32. The molecule has 0 radical (unpaired) electrons. The van der Waals surface area contributed by atoms with Gasteiger partial charge in [-0.05, 0) is 24.4 Å². The SMILES string of the molecule is CCCCCCCCCC(P)(CCCCCC)CCCCCCCC. The van der Waals surface area contributed by atoms with Gasteiger partial charge in [0.2, 0.25) is 0 Å². The molecule has 1 heteroatoms. The highest BCUT2D eigenvalue weighted by molar-refractivity contribution is 7.19. The van der Waals surface area contributed by atoms with Crippen LogP contribution in [0.25, 0.3) is 0 Å². The average Bonchev–Trinajstić information content (AvgIpc) is 2.61. The molecule has 0 N–H and O–H groups in total. The van der Waals surface area contributed by atoms with E-state index in [2.05, 4.69) is 30.0 Å². The van der Waals surface area contributed by atoms with Crippen LogP contribution in [0, 0.1) is 0 Å². The summed E-state index contributed by atoms with van der Waals surface area (Å²) in [4.78, 5) is 0. The van der Waals surface area contributed by atoms with Crippen LogP contribution >= 0.6 is 9.24 Å². The van der Waals surface area contributed by atoms with Crippen molar-refractivity contribution in [3.8, 4) is 0 Å². The highest BCUT2D eigenvalue weighted by Gasteiger charge is 2.22. The minimum Gasteiger partial charge on any atom is -0.131 e. The second-order valence-corrected chi connectivity index (χ2v) is 9.79. The molecule has 0 aliphatic rings. The van der Waals surface area contributed by atoms with E-state index in [1.807, 2.05) is 0 Å². The zero-order chi connectivity index (χ0) is 18.6. The van der Waals surface area contributed by atoms with Gasteiger partial charge < -0.3 is 0 Å². The van der Waals surface area contributed by atoms with E-state index >= 15 is 0 Å². The normalized spacial score (nSPS) is 13.9. The molecule has 152 valence electrons.